The van der Waals surface area contributed by atoms with Crippen LogP contribution in [0.15, 0.2) is 24.3 Å². The molecule has 1 aliphatic heterocycles. The van der Waals surface area contributed by atoms with Gasteiger partial charge in [0.2, 0.25) is 0 Å². The van der Waals surface area contributed by atoms with Crippen molar-refractivity contribution < 1.29 is 4.74 Å². The van der Waals surface area contributed by atoms with Crippen LogP contribution >= 0.6 is 0 Å². The highest BCUT2D eigenvalue weighted by Crippen LogP contribution is 2.24. The predicted molar refractivity (Wildman–Crippen MR) is 71.8 cm³/mol. The van der Waals surface area contributed by atoms with Crippen molar-refractivity contribution in [3.05, 3.63) is 24.3 Å². The van der Waals surface area contributed by atoms with Crippen LogP contribution in [-0.2, 0) is 0 Å². The van der Waals surface area contributed by atoms with Crippen molar-refractivity contribution in [1.29, 1.82) is 0 Å². The molecule has 0 saturated carbocycles. The molecule has 1 aliphatic rings. The summed E-state index contributed by atoms with van der Waals surface area (Å²) >= 11 is 0. The van der Waals surface area contributed by atoms with Crippen molar-refractivity contribution in [3.63, 3.8) is 0 Å². The Kier molecular flexibility index (Phi) is 3.89. The van der Waals surface area contributed by atoms with Gasteiger partial charge in [-0.1, -0.05) is 13.8 Å². The molecule has 1 fully saturated rings. The number of hydrogen-bond acceptors (Lipinski definition) is 3. The van der Waals surface area contributed by atoms with E-state index < -0.39 is 0 Å². The Labute approximate surface area is 104 Å². The van der Waals surface area contributed by atoms with Gasteiger partial charge in [0.05, 0.1) is 7.11 Å². The Morgan fingerprint density at radius 1 is 1.29 bits per heavy atom. The monoisotopic (exact) mass is 234 g/mol. The first-order chi connectivity index (χ1) is 8.22. The van der Waals surface area contributed by atoms with E-state index in [2.05, 4.69) is 36.2 Å². The number of ether oxygens (including phenoxy) is 1. The van der Waals surface area contributed by atoms with Crippen molar-refractivity contribution in [2.24, 2.45) is 5.92 Å². The van der Waals surface area contributed by atoms with Crippen LogP contribution in [0.1, 0.15) is 13.8 Å². The molecule has 17 heavy (non-hydrogen) atoms. The van der Waals surface area contributed by atoms with Crippen molar-refractivity contribution in [2.45, 2.75) is 19.9 Å². The maximum atomic E-state index is 5.20. The van der Waals surface area contributed by atoms with E-state index in [-0.39, 0.29) is 0 Å². The van der Waals surface area contributed by atoms with Crippen molar-refractivity contribution >= 4 is 5.69 Å². The van der Waals surface area contributed by atoms with Crippen LogP contribution in [0.4, 0.5) is 5.69 Å². The molecule has 0 bridgehead atoms. The van der Waals surface area contributed by atoms with Gasteiger partial charge < -0.3 is 15.0 Å². The highest BCUT2D eigenvalue weighted by Gasteiger charge is 2.24. The Bertz CT molecular complexity index is 348. The fraction of sp³-hybridized carbons (Fsp3) is 0.571. The Balaban J connectivity index is 2.17. The van der Waals surface area contributed by atoms with Gasteiger partial charge >= 0.3 is 0 Å². The molecule has 94 valence electrons. The third-order valence-corrected chi connectivity index (χ3v) is 3.46. The number of nitrogens with one attached hydrogen (secondary N) is 1. The lowest BCUT2D eigenvalue weighted by molar-refractivity contribution is 0.390. The van der Waals surface area contributed by atoms with E-state index in [1.165, 1.54) is 5.69 Å². The summed E-state index contributed by atoms with van der Waals surface area (Å²) in [5.74, 6) is 1.58. The van der Waals surface area contributed by atoms with E-state index in [1.807, 2.05) is 12.1 Å². The average molecular weight is 234 g/mol. The lowest BCUT2D eigenvalue weighted by atomic mass is 10.00. The summed E-state index contributed by atoms with van der Waals surface area (Å²) in [5, 5.41) is 3.47. The summed E-state index contributed by atoms with van der Waals surface area (Å²) < 4.78 is 5.20. The van der Waals surface area contributed by atoms with Crippen molar-refractivity contribution in [1.82, 2.24) is 5.32 Å². The minimum Gasteiger partial charge on any atom is -0.497 e. The highest BCUT2D eigenvalue weighted by atomic mass is 16.5. The first-order valence-corrected chi connectivity index (χ1v) is 6.34. The second-order valence-electron chi connectivity index (χ2n) is 4.91. The zero-order valence-corrected chi connectivity index (χ0v) is 10.9. The zero-order valence-electron chi connectivity index (χ0n) is 10.9. The smallest absolute Gasteiger partial charge is 0.119 e. The second kappa shape index (κ2) is 5.41. The average Bonchev–Trinajstić information content (AvgIpc) is 2.39. The first-order valence-electron chi connectivity index (χ1n) is 6.34. The first kappa shape index (κ1) is 12.2. The minimum absolute atomic E-state index is 0.581. The van der Waals surface area contributed by atoms with Gasteiger partial charge in [-0.15, -0.1) is 0 Å². The van der Waals surface area contributed by atoms with Crippen LogP contribution in [-0.4, -0.2) is 32.8 Å². The maximum Gasteiger partial charge on any atom is 0.119 e. The Morgan fingerprint density at radius 2 is 2.00 bits per heavy atom. The number of methoxy groups -OCH3 is 1. The molecule has 0 radical (unpaired) electrons. The van der Waals surface area contributed by atoms with E-state index in [9.17, 15) is 0 Å². The second-order valence-corrected chi connectivity index (χ2v) is 4.91. The van der Waals surface area contributed by atoms with Crippen LogP contribution in [0.3, 0.4) is 0 Å². The normalized spacial score (nSPS) is 20.7. The fourth-order valence-corrected chi connectivity index (χ4v) is 2.42. The number of benzene rings is 1. The summed E-state index contributed by atoms with van der Waals surface area (Å²) in [6, 6.07) is 8.96. The summed E-state index contributed by atoms with van der Waals surface area (Å²) in [5.41, 5.74) is 1.30. The van der Waals surface area contributed by atoms with Crippen molar-refractivity contribution in [2.75, 3.05) is 31.6 Å². The number of rotatable bonds is 3. The van der Waals surface area contributed by atoms with E-state index in [1.54, 1.807) is 7.11 Å². The number of piperazine rings is 1. The van der Waals surface area contributed by atoms with Crippen LogP contribution in [0.25, 0.3) is 0 Å². The van der Waals surface area contributed by atoms with Gasteiger partial charge in [0.1, 0.15) is 5.75 Å². The third kappa shape index (κ3) is 2.72. The van der Waals surface area contributed by atoms with Gasteiger partial charge in [-0.2, -0.15) is 0 Å². The molecule has 3 nitrogen and oxygen atoms in total. The summed E-state index contributed by atoms with van der Waals surface area (Å²) in [6.45, 7) is 7.79. The molecule has 0 aliphatic carbocycles. The van der Waals surface area contributed by atoms with Crippen LogP contribution in [0.2, 0.25) is 0 Å². The fourth-order valence-electron chi connectivity index (χ4n) is 2.42. The number of hydrogen-bond donors (Lipinski definition) is 1. The third-order valence-electron chi connectivity index (χ3n) is 3.46. The van der Waals surface area contributed by atoms with Gasteiger partial charge in [0.25, 0.3) is 0 Å². The molecule has 1 unspecified atom stereocenters. The van der Waals surface area contributed by atoms with Crippen LogP contribution in [0.5, 0.6) is 5.75 Å². The Morgan fingerprint density at radius 3 is 2.59 bits per heavy atom. The SMILES string of the molecule is COc1ccc(N2CCNCC2C(C)C)cc1. The molecule has 1 heterocycles. The predicted octanol–water partition coefficient (Wildman–Crippen LogP) is 2.13. The number of anilines is 1. The van der Waals surface area contributed by atoms with Gasteiger partial charge in [-0.3, -0.25) is 0 Å². The molecule has 3 heteroatoms. The van der Waals surface area contributed by atoms with E-state index in [0.717, 1.165) is 25.4 Å². The molecule has 1 aromatic carbocycles. The van der Waals surface area contributed by atoms with Gasteiger partial charge in [-0.25, -0.2) is 0 Å². The van der Waals surface area contributed by atoms with Gasteiger partial charge in [-0.05, 0) is 30.2 Å². The van der Waals surface area contributed by atoms with E-state index in [4.69, 9.17) is 4.74 Å². The highest BCUT2D eigenvalue weighted by molar-refractivity contribution is 5.50. The van der Waals surface area contributed by atoms with Gasteiger partial charge in [0.15, 0.2) is 0 Å². The maximum absolute atomic E-state index is 5.20. The summed E-state index contributed by atoms with van der Waals surface area (Å²) in [7, 11) is 1.71. The molecular weight excluding hydrogens is 212 g/mol. The minimum atomic E-state index is 0.581. The standard InChI is InChI=1S/C14H22N2O/c1-11(2)14-10-15-8-9-16(14)12-4-6-13(17-3)7-5-12/h4-7,11,14-15H,8-10H2,1-3H3. The molecular formula is C14H22N2O. The summed E-state index contributed by atoms with van der Waals surface area (Å²) in [4.78, 5) is 2.50. The molecule has 0 amide bonds. The van der Waals surface area contributed by atoms with Crippen molar-refractivity contribution in [3.8, 4) is 5.75 Å². The molecule has 1 atom stereocenters. The largest absolute Gasteiger partial charge is 0.497 e. The lowest BCUT2D eigenvalue weighted by Gasteiger charge is -2.40. The van der Waals surface area contributed by atoms with Gasteiger partial charge in [0, 0.05) is 31.4 Å². The van der Waals surface area contributed by atoms with Crippen LogP contribution < -0.4 is 15.0 Å². The zero-order chi connectivity index (χ0) is 12.3. The summed E-state index contributed by atoms with van der Waals surface area (Å²) in [6.07, 6.45) is 0. The molecule has 1 saturated heterocycles. The van der Waals surface area contributed by atoms with Crippen LogP contribution in [0, 0.1) is 5.92 Å². The lowest BCUT2D eigenvalue weighted by Crippen LogP contribution is -2.53. The molecule has 2 rings (SSSR count). The molecule has 0 spiro atoms. The number of nitrogens with zero attached hydrogens (tertiary/aromatic N) is 1. The molecule has 1 N–H and O–H groups in total. The molecule has 1 aromatic rings. The van der Waals surface area contributed by atoms with E-state index in [0.29, 0.717) is 12.0 Å². The quantitative estimate of drug-likeness (QED) is 0.867. The molecule has 0 aromatic heterocycles. The topological polar surface area (TPSA) is 24.5 Å². The van der Waals surface area contributed by atoms with E-state index >= 15 is 0 Å². The Hall–Kier alpha value is -1.22.